The Labute approximate surface area is 109 Å². The maximum atomic E-state index is 6.04. The highest BCUT2D eigenvalue weighted by Gasteiger charge is 2.07. The normalized spacial score (nSPS) is 12.9. The minimum atomic E-state index is 0.101. The number of hydrogen-bond acceptors (Lipinski definition) is 2. The van der Waals surface area contributed by atoms with Crippen LogP contribution >= 0.6 is 0 Å². The SMILES string of the molecule is CC(C)CC(N)COc1cccc2ccccc12. The second-order valence-electron chi connectivity index (χ2n) is 5.18. The van der Waals surface area contributed by atoms with Crippen molar-refractivity contribution in [3.8, 4) is 5.75 Å². The van der Waals surface area contributed by atoms with Crippen LogP contribution in [0.1, 0.15) is 20.3 Å². The summed E-state index contributed by atoms with van der Waals surface area (Å²) in [4.78, 5) is 0. The highest BCUT2D eigenvalue weighted by Crippen LogP contribution is 2.25. The Morgan fingerprint density at radius 3 is 2.56 bits per heavy atom. The van der Waals surface area contributed by atoms with Gasteiger partial charge in [0, 0.05) is 11.4 Å². The van der Waals surface area contributed by atoms with Gasteiger partial charge >= 0.3 is 0 Å². The molecule has 2 aromatic rings. The smallest absolute Gasteiger partial charge is 0.127 e. The lowest BCUT2D eigenvalue weighted by Crippen LogP contribution is -2.29. The predicted octanol–water partition coefficient (Wildman–Crippen LogP) is 3.59. The summed E-state index contributed by atoms with van der Waals surface area (Å²) in [5.74, 6) is 1.53. The number of fused-ring (bicyclic) bond motifs is 1. The van der Waals surface area contributed by atoms with Gasteiger partial charge in [0.25, 0.3) is 0 Å². The molecule has 2 nitrogen and oxygen atoms in total. The molecule has 0 fully saturated rings. The minimum absolute atomic E-state index is 0.101. The zero-order valence-electron chi connectivity index (χ0n) is 11.1. The van der Waals surface area contributed by atoms with E-state index in [9.17, 15) is 0 Å². The second kappa shape index (κ2) is 5.87. The number of nitrogens with two attached hydrogens (primary N) is 1. The highest BCUT2D eigenvalue weighted by molar-refractivity contribution is 5.88. The first-order valence-electron chi connectivity index (χ1n) is 6.53. The van der Waals surface area contributed by atoms with Gasteiger partial charge in [0.1, 0.15) is 12.4 Å². The van der Waals surface area contributed by atoms with Crippen LogP contribution in [0.3, 0.4) is 0 Å². The Morgan fingerprint density at radius 2 is 1.78 bits per heavy atom. The minimum Gasteiger partial charge on any atom is -0.491 e. The fourth-order valence-corrected chi connectivity index (χ4v) is 2.19. The molecule has 2 N–H and O–H groups in total. The van der Waals surface area contributed by atoms with Crippen molar-refractivity contribution in [1.29, 1.82) is 0 Å². The van der Waals surface area contributed by atoms with Crippen LogP contribution < -0.4 is 10.5 Å². The van der Waals surface area contributed by atoms with Gasteiger partial charge in [0.2, 0.25) is 0 Å². The maximum absolute atomic E-state index is 6.04. The molecule has 0 heterocycles. The second-order valence-corrected chi connectivity index (χ2v) is 5.18. The van der Waals surface area contributed by atoms with E-state index in [1.807, 2.05) is 24.3 Å². The first kappa shape index (κ1) is 12.9. The average Bonchev–Trinajstić information content (AvgIpc) is 2.35. The number of benzene rings is 2. The third-order valence-corrected chi connectivity index (χ3v) is 2.98. The van der Waals surface area contributed by atoms with Crippen molar-refractivity contribution in [2.45, 2.75) is 26.3 Å². The Kier molecular flexibility index (Phi) is 4.21. The summed E-state index contributed by atoms with van der Waals surface area (Å²) < 4.78 is 5.86. The van der Waals surface area contributed by atoms with E-state index in [0.29, 0.717) is 12.5 Å². The molecule has 1 atom stereocenters. The first-order chi connectivity index (χ1) is 8.66. The van der Waals surface area contributed by atoms with Gasteiger partial charge in [-0.15, -0.1) is 0 Å². The van der Waals surface area contributed by atoms with Crippen LogP contribution in [0.5, 0.6) is 5.75 Å². The van der Waals surface area contributed by atoms with E-state index in [0.717, 1.165) is 17.6 Å². The molecule has 0 spiro atoms. The molecule has 0 bridgehead atoms. The maximum Gasteiger partial charge on any atom is 0.127 e. The Hall–Kier alpha value is -1.54. The molecular weight excluding hydrogens is 222 g/mol. The molecule has 0 saturated heterocycles. The molecule has 0 amide bonds. The van der Waals surface area contributed by atoms with Crippen molar-refractivity contribution in [2.24, 2.45) is 11.7 Å². The van der Waals surface area contributed by atoms with Gasteiger partial charge in [-0.25, -0.2) is 0 Å². The molecular formula is C16H21NO. The van der Waals surface area contributed by atoms with Crippen LogP contribution in [0.2, 0.25) is 0 Å². The van der Waals surface area contributed by atoms with E-state index in [1.165, 1.54) is 5.39 Å². The van der Waals surface area contributed by atoms with E-state index in [-0.39, 0.29) is 6.04 Å². The lowest BCUT2D eigenvalue weighted by atomic mass is 10.1. The van der Waals surface area contributed by atoms with Gasteiger partial charge in [-0.2, -0.15) is 0 Å². The Morgan fingerprint density at radius 1 is 1.06 bits per heavy atom. The summed E-state index contributed by atoms with van der Waals surface area (Å²) in [5.41, 5.74) is 6.04. The van der Waals surface area contributed by atoms with Gasteiger partial charge in [-0.05, 0) is 23.8 Å². The Bertz CT molecular complexity index is 502. The van der Waals surface area contributed by atoms with Crippen LogP contribution in [0.4, 0.5) is 0 Å². The largest absolute Gasteiger partial charge is 0.491 e. The summed E-state index contributed by atoms with van der Waals surface area (Å²) in [6.45, 7) is 4.93. The molecule has 0 aliphatic carbocycles. The monoisotopic (exact) mass is 243 g/mol. The summed E-state index contributed by atoms with van der Waals surface area (Å²) in [7, 11) is 0. The fourth-order valence-electron chi connectivity index (χ4n) is 2.19. The van der Waals surface area contributed by atoms with E-state index < -0.39 is 0 Å². The van der Waals surface area contributed by atoms with Gasteiger partial charge in [0.05, 0.1) is 0 Å². The molecule has 1 unspecified atom stereocenters. The van der Waals surface area contributed by atoms with E-state index in [2.05, 4.69) is 32.0 Å². The first-order valence-corrected chi connectivity index (χ1v) is 6.53. The standard InChI is InChI=1S/C16H21NO/c1-12(2)10-14(17)11-18-16-9-5-7-13-6-3-4-8-15(13)16/h3-9,12,14H,10-11,17H2,1-2H3. The zero-order valence-corrected chi connectivity index (χ0v) is 11.1. The van der Waals surface area contributed by atoms with Crippen LogP contribution in [-0.2, 0) is 0 Å². The number of hydrogen-bond donors (Lipinski definition) is 1. The Balaban J connectivity index is 2.08. The molecule has 0 aromatic heterocycles. The van der Waals surface area contributed by atoms with Crippen LogP contribution in [0.15, 0.2) is 42.5 Å². The van der Waals surface area contributed by atoms with Crippen LogP contribution in [-0.4, -0.2) is 12.6 Å². The molecule has 18 heavy (non-hydrogen) atoms. The molecule has 96 valence electrons. The molecule has 2 rings (SSSR count). The lowest BCUT2D eigenvalue weighted by Gasteiger charge is -2.16. The van der Waals surface area contributed by atoms with Crippen molar-refractivity contribution in [3.05, 3.63) is 42.5 Å². The van der Waals surface area contributed by atoms with Crippen molar-refractivity contribution >= 4 is 10.8 Å². The molecule has 0 radical (unpaired) electrons. The summed E-state index contributed by atoms with van der Waals surface area (Å²) in [5, 5.41) is 2.35. The quantitative estimate of drug-likeness (QED) is 0.871. The summed E-state index contributed by atoms with van der Waals surface area (Å²) in [6, 6.07) is 14.5. The predicted molar refractivity (Wildman–Crippen MR) is 76.9 cm³/mol. The van der Waals surface area contributed by atoms with Crippen molar-refractivity contribution in [1.82, 2.24) is 0 Å². The van der Waals surface area contributed by atoms with Crippen molar-refractivity contribution in [2.75, 3.05) is 6.61 Å². The topological polar surface area (TPSA) is 35.2 Å². The zero-order chi connectivity index (χ0) is 13.0. The fraction of sp³-hybridized carbons (Fsp3) is 0.375. The molecule has 0 saturated carbocycles. The van der Waals surface area contributed by atoms with Gasteiger partial charge in [0.15, 0.2) is 0 Å². The highest BCUT2D eigenvalue weighted by atomic mass is 16.5. The number of rotatable bonds is 5. The van der Waals surface area contributed by atoms with Gasteiger partial charge in [-0.3, -0.25) is 0 Å². The van der Waals surface area contributed by atoms with E-state index in [1.54, 1.807) is 0 Å². The third-order valence-electron chi connectivity index (χ3n) is 2.98. The average molecular weight is 243 g/mol. The van der Waals surface area contributed by atoms with Gasteiger partial charge in [-0.1, -0.05) is 50.2 Å². The van der Waals surface area contributed by atoms with Crippen molar-refractivity contribution in [3.63, 3.8) is 0 Å². The van der Waals surface area contributed by atoms with Gasteiger partial charge < -0.3 is 10.5 Å². The third kappa shape index (κ3) is 3.23. The summed E-state index contributed by atoms with van der Waals surface area (Å²) >= 11 is 0. The van der Waals surface area contributed by atoms with Crippen LogP contribution in [0.25, 0.3) is 10.8 Å². The lowest BCUT2D eigenvalue weighted by molar-refractivity contribution is 0.274. The van der Waals surface area contributed by atoms with Crippen molar-refractivity contribution < 1.29 is 4.74 Å². The summed E-state index contributed by atoms with van der Waals surface area (Å²) in [6.07, 6.45) is 0.991. The number of ether oxygens (including phenoxy) is 1. The molecule has 0 aliphatic rings. The molecule has 2 aromatic carbocycles. The molecule has 0 aliphatic heterocycles. The molecule has 2 heteroatoms. The van der Waals surface area contributed by atoms with Crippen LogP contribution in [0, 0.1) is 5.92 Å². The van der Waals surface area contributed by atoms with E-state index in [4.69, 9.17) is 10.5 Å². The van der Waals surface area contributed by atoms with E-state index >= 15 is 0 Å².